The average Bonchev–Trinajstić information content (AvgIpc) is 2.68. The van der Waals surface area contributed by atoms with E-state index in [0.29, 0.717) is 24.5 Å². The lowest BCUT2D eigenvalue weighted by molar-refractivity contribution is 0.381. The maximum atomic E-state index is 13.8. The number of anilines is 1. The van der Waals surface area contributed by atoms with Gasteiger partial charge >= 0.3 is 6.01 Å². The molecule has 0 aliphatic carbocycles. The number of ether oxygens (including phenoxy) is 2. The number of hydrogen-bond donors (Lipinski definition) is 2. The number of hydrogen-bond acceptors (Lipinski definition) is 6. The van der Waals surface area contributed by atoms with Gasteiger partial charge in [-0.1, -0.05) is 18.2 Å². The fourth-order valence-electron chi connectivity index (χ4n) is 2.62. The van der Waals surface area contributed by atoms with Crippen LogP contribution in [0, 0.1) is 5.82 Å². The van der Waals surface area contributed by atoms with Gasteiger partial charge in [-0.2, -0.15) is 9.97 Å². The van der Waals surface area contributed by atoms with Gasteiger partial charge in [0.05, 0.1) is 19.9 Å². The van der Waals surface area contributed by atoms with Crippen LogP contribution in [0.5, 0.6) is 17.5 Å². The van der Waals surface area contributed by atoms with E-state index in [9.17, 15) is 9.50 Å². The maximum absolute atomic E-state index is 13.8. The molecule has 0 saturated heterocycles. The Morgan fingerprint density at radius 2 is 1.89 bits per heavy atom. The molecule has 27 heavy (non-hydrogen) atoms. The fraction of sp³-hybridized carbons (Fsp3) is 0.200. The molecule has 2 N–H and O–H groups in total. The number of rotatable bonds is 7. The quantitative estimate of drug-likeness (QED) is 0.662. The van der Waals surface area contributed by atoms with Gasteiger partial charge < -0.3 is 19.9 Å². The van der Waals surface area contributed by atoms with Gasteiger partial charge in [0.25, 0.3) is 0 Å². The third-order valence-electron chi connectivity index (χ3n) is 3.97. The Labute approximate surface area is 156 Å². The first-order valence-electron chi connectivity index (χ1n) is 8.38. The third kappa shape index (κ3) is 4.63. The first kappa shape index (κ1) is 18.4. The molecule has 0 spiro atoms. The lowest BCUT2D eigenvalue weighted by atomic mass is 10.1. The molecule has 0 amide bonds. The van der Waals surface area contributed by atoms with Crippen molar-refractivity contribution in [2.24, 2.45) is 0 Å². The Balaban J connectivity index is 1.73. The average molecular weight is 369 g/mol. The van der Waals surface area contributed by atoms with E-state index < -0.39 is 0 Å². The van der Waals surface area contributed by atoms with Crippen molar-refractivity contribution in [2.45, 2.75) is 6.42 Å². The normalized spacial score (nSPS) is 10.5. The highest BCUT2D eigenvalue weighted by Crippen LogP contribution is 2.25. The highest BCUT2D eigenvalue weighted by molar-refractivity contribution is 5.64. The van der Waals surface area contributed by atoms with E-state index in [2.05, 4.69) is 15.3 Å². The summed E-state index contributed by atoms with van der Waals surface area (Å²) in [7, 11) is 2.93. The molecule has 7 heteroatoms. The first-order chi connectivity index (χ1) is 13.1. The molecule has 1 aromatic heterocycles. The highest BCUT2D eigenvalue weighted by Gasteiger charge is 2.08. The van der Waals surface area contributed by atoms with Gasteiger partial charge in [-0.3, -0.25) is 0 Å². The first-order valence-corrected chi connectivity index (χ1v) is 8.38. The molecular formula is C20H20FN3O3. The van der Waals surface area contributed by atoms with Gasteiger partial charge in [0.2, 0.25) is 0 Å². The highest BCUT2D eigenvalue weighted by atomic mass is 19.1. The van der Waals surface area contributed by atoms with Gasteiger partial charge in [-0.15, -0.1) is 0 Å². The topological polar surface area (TPSA) is 76.5 Å². The summed E-state index contributed by atoms with van der Waals surface area (Å²) in [6.45, 7) is 0.547. The monoisotopic (exact) mass is 369 g/mol. The van der Waals surface area contributed by atoms with Crippen LogP contribution in [0.25, 0.3) is 11.3 Å². The van der Waals surface area contributed by atoms with E-state index in [-0.39, 0.29) is 23.3 Å². The molecular weight excluding hydrogens is 349 g/mol. The zero-order valence-corrected chi connectivity index (χ0v) is 15.1. The molecule has 0 unspecified atom stereocenters. The van der Waals surface area contributed by atoms with Crippen molar-refractivity contribution < 1.29 is 19.0 Å². The lowest BCUT2D eigenvalue weighted by Gasteiger charge is -2.10. The van der Waals surface area contributed by atoms with Crippen LogP contribution in [0.2, 0.25) is 0 Å². The number of nitrogens with one attached hydrogen (secondary N) is 1. The van der Waals surface area contributed by atoms with E-state index in [1.165, 1.54) is 20.3 Å². The molecule has 2 aromatic carbocycles. The van der Waals surface area contributed by atoms with E-state index in [1.54, 1.807) is 30.3 Å². The minimum Gasteiger partial charge on any atom is -0.508 e. The number of aromatic nitrogens is 2. The number of nitrogens with zero attached hydrogens (tertiary/aromatic N) is 2. The number of benzene rings is 2. The zero-order chi connectivity index (χ0) is 19.2. The molecule has 0 aliphatic rings. The van der Waals surface area contributed by atoms with E-state index in [0.717, 1.165) is 11.1 Å². The Morgan fingerprint density at radius 1 is 1.04 bits per heavy atom. The van der Waals surface area contributed by atoms with Gasteiger partial charge in [0.1, 0.15) is 11.6 Å². The molecule has 0 atom stereocenters. The van der Waals surface area contributed by atoms with Crippen molar-refractivity contribution in [3.8, 4) is 28.8 Å². The van der Waals surface area contributed by atoms with Crippen molar-refractivity contribution in [3.05, 3.63) is 59.9 Å². The summed E-state index contributed by atoms with van der Waals surface area (Å²) in [5.41, 5.74) is 2.21. The number of aromatic hydroxyl groups is 1. The lowest BCUT2D eigenvalue weighted by Crippen LogP contribution is -2.08. The van der Waals surface area contributed by atoms with Crippen LogP contribution in [0.4, 0.5) is 10.2 Å². The van der Waals surface area contributed by atoms with Gasteiger partial charge in [-0.25, -0.2) is 4.39 Å². The van der Waals surface area contributed by atoms with Crippen molar-refractivity contribution in [1.82, 2.24) is 9.97 Å². The van der Waals surface area contributed by atoms with Crippen molar-refractivity contribution in [3.63, 3.8) is 0 Å². The minimum atomic E-state index is -0.384. The smallest absolute Gasteiger partial charge is 0.318 e. The fourth-order valence-corrected chi connectivity index (χ4v) is 2.62. The maximum Gasteiger partial charge on any atom is 0.318 e. The molecule has 3 rings (SSSR count). The van der Waals surface area contributed by atoms with Gasteiger partial charge in [0, 0.05) is 18.2 Å². The van der Waals surface area contributed by atoms with Crippen LogP contribution < -0.4 is 14.8 Å². The van der Waals surface area contributed by atoms with Crippen LogP contribution in [-0.2, 0) is 6.42 Å². The predicted octanol–water partition coefficient (Wildman–Crippen LogP) is 3.66. The van der Waals surface area contributed by atoms with Crippen molar-refractivity contribution in [2.75, 3.05) is 26.1 Å². The van der Waals surface area contributed by atoms with E-state index >= 15 is 0 Å². The third-order valence-corrected chi connectivity index (χ3v) is 3.97. The summed E-state index contributed by atoms with van der Waals surface area (Å²) in [6, 6.07) is 13.7. The molecule has 140 valence electrons. The molecule has 0 bridgehead atoms. The standard InChI is InChI=1S/C20H20FN3O3/c1-26-18-7-6-13(10-16(18)21)8-9-22-19-12-17(23-20(24-19)27-2)14-4-3-5-15(25)11-14/h3-7,10-12,25H,8-9H2,1-2H3,(H,22,23,24). The molecule has 3 aromatic rings. The molecule has 6 nitrogen and oxygen atoms in total. The SMILES string of the molecule is COc1nc(NCCc2ccc(OC)c(F)c2)cc(-c2cccc(O)c2)n1. The summed E-state index contributed by atoms with van der Waals surface area (Å²) in [6.07, 6.45) is 0.606. The molecule has 0 saturated carbocycles. The second-order valence-electron chi connectivity index (χ2n) is 5.82. The number of phenolic OH excluding ortho intramolecular Hbond substituents is 1. The van der Waals surface area contributed by atoms with Crippen LogP contribution in [-0.4, -0.2) is 35.8 Å². The van der Waals surface area contributed by atoms with Crippen LogP contribution in [0.1, 0.15) is 5.56 Å². The van der Waals surface area contributed by atoms with Crippen molar-refractivity contribution >= 4 is 5.82 Å². The number of phenols is 1. The molecule has 1 heterocycles. The van der Waals surface area contributed by atoms with Crippen LogP contribution in [0.15, 0.2) is 48.5 Å². The number of halogens is 1. The summed E-state index contributed by atoms with van der Waals surface area (Å²) in [4.78, 5) is 8.59. The van der Waals surface area contributed by atoms with E-state index in [1.807, 2.05) is 12.1 Å². The largest absolute Gasteiger partial charge is 0.508 e. The summed E-state index contributed by atoms with van der Waals surface area (Å²) < 4.78 is 23.9. The Morgan fingerprint density at radius 3 is 2.59 bits per heavy atom. The zero-order valence-electron chi connectivity index (χ0n) is 15.1. The summed E-state index contributed by atoms with van der Waals surface area (Å²) in [5, 5.41) is 12.9. The minimum absolute atomic E-state index is 0.154. The number of methoxy groups -OCH3 is 2. The van der Waals surface area contributed by atoms with Crippen LogP contribution >= 0.6 is 0 Å². The predicted molar refractivity (Wildman–Crippen MR) is 101 cm³/mol. The van der Waals surface area contributed by atoms with Crippen LogP contribution in [0.3, 0.4) is 0 Å². The molecule has 0 radical (unpaired) electrons. The molecule has 0 aliphatic heterocycles. The Kier molecular flexibility index (Phi) is 5.71. The molecule has 0 fully saturated rings. The second-order valence-corrected chi connectivity index (χ2v) is 5.82. The van der Waals surface area contributed by atoms with Gasteiger partial charge in [0.15, 0.2) is 11.6 Å². The van der Waals surface area contributed by atoms with E-state index in [4.69, 9.17) is 9.47 Å². The summed E-state index contributed by atoms with van der Waals surface area (Å²) in [5.74, 6) is 0.572. The van der Waals surface area contributed by atoms with Gasteiger partial charge in [-0.05, 0) is 36.2 Å². The Hall–Kier alpha value is -3.35. The second kappa shape index (κ2) is 8.35. The summed E-state index contributed by atoms with van der Waals surface area (Å²) >= 11 is 0. The Bertz CT molecular complexity index is 934. The van der Waals surface area contributed by atoms with Crippen molar-refractivity contribution in [1.29, 1.82) is 0 Å².